The first kappa shape index (κ1) is 16.9. The Bertz CT molecular complexity index is 454. The van der Waals surface area contributed by atoms with Gasteiger partial charge in [-0.25, -0.2) is 0 Å². The van der Waals surface area contributed by atoms with Crippen LogP contribution in [0.4, 0.5) is 0 Å². The SMILES string of the molecule is NC(N)=NCCCCNC(=O)[C@@H]1CS[C@H]2CC[C@@H](N)C(=O)N21. The van der Waals surface area contributed by atoms with Crippen molar-refractivity contribution in [2.75, 3.05) is 18.8 Å². The third kappa shape index (κ3) is 4.04. The van der Waals surface area contributed by atoms with Crippen molar-refractivity contribution >= 4 is 29.5 Å². The van der Waals surface area contributed by atoms with Crippen molar-refractivity contribution in [1.82, 2.24) is 10.2 Å². The highest BCUT2D eigenvalue weighted by Gasteiger charge is 2.45. The van der Waals surface area contributed by atoms with Gasteiger partial charge in [0.1, 0.15) is 6.04 Å². The van der Waals surface area contributed by atoms with Gasteiger partial charge in [0.25, 0.3) is 0 Å². The molecule has 7 N–H and O–H groups in total. The maximum Gasteiger partial charge on any atom is 0.243 e. The van der Waals surface area contributed by atoms with Gasteiger partial charge in [-0.15, -0.1) is 11.8 Å². The zero-order valence-corrected chi connectivity index (χ0v) is 13.3. The Morgan fingerprint density at radius 3 is 2.86 bits per heavy atom. The summed E-state index contributed by atoms with van der Waals surface area (Å²) in [6, 6.07) is -0.864. The van der Waals surface area contributed by atoms with Gasteiger partial charge in [-0.3, -0.25) is 14.6 Å². The van der Waals surface area contributed by atoms with E-state index in [1.807, 2.05) is 0 Å². The maximum atomic E-state index is 12.3. The van der Waals surface area contributed by atoms with E-state index in [0.717, 1.165) is 19.3 Å². The molecule has 2 rings (SSSR count). The quantitative estimate of drug-likeness (QED) is 0.267. The van der Waals surface area contributed by atoms with Crippen LogP contribution in [0, 0.1) is 0 Å². The number of unbranched alkanes of at least 4 members (excludes halogenated alkanes) is 1. The van der Waals surface area contributed by atoms with Crippen LogP contribution < -0.4 is 22.5 Å². The lowest BCUT2D eigenvalue weighted by atomic mass is 10.0. The third-order valence-electron chi connectivity index (χ3n) is 3.87. The maximum absolute atomic E-state index is 12.3. The fourth-order valence-electron chi connectivity index (χ4n) is 2.69. The molecule has 2 aliphatic heterocycles. The summed E-state index contributed by atoms with van der Waals surface area (Å²) in [6.07, 6.45) is 3.15. The van der Waals surface area contributed by atoms with Crippen LogP contribution in [0.2, 0.25) is 0 Å². The molecular formula is C13H24N6O2S. The third-order valence-corrected chi connectivity index (χ3v) is 5.23. The molecule has 0 aromatic heterocycles. The van der Waals surface area contributed by atoms with Gasteiger partial charge in [0.15, 0.2) is 5.96 Å². The molecule has 124 valence electrons. The minimum Gasteiger partial charge on any atom is -0.370 e. The summed E-state index contributed by atoms with van der Waals surface area (Å²) in [4.78, 5) is 30.0. The number of thioether (sulfide) groups is 1. The van der Waals surface area contributed by atoms with Gasteiger partial charge in [-0.1, -0.05) is 0 Å². The summed E-state index contributed by atoms with van der Waals surface area (Å²) in [5.41, 5.74) is 16.3. The minimum absolute atomic E-state index is 0.0815. The average Bonchev–Trinajstić information content (AvgIpc) is 2.91. The summed E-state index contributed by atoms with van der Waals surface area (Å²) >= 11 is 1.66. The van der Waals surface area contributed by atoms with Gasteiger partial charge in [0.05, 0.1) is 11.4 Å². The Balaban J connectivity index is 1.75. The number of guanidine groups is 1. The van der Waals surface area contributed by atoms with Crippen LogP contribution in [0.15, 0.2) is 4.99 Å². The molecule has 22 heavy (non-hydrogen) atoms. The molecule has 2 heterocycles. The van der Waals surface area contributed by atoms with E-state index in [4.69, 9.17) is 17.2 Å². The minimum atomic E-state index is -0.468. The lowest BCUT2D eigenvalue weighted by Crippen LogP contribution is -2.57. The van der Waals surface area contributed by atoms with Crippen molar-refractivity contribution in [3.05, 3.63) is 0 Å². The number of nitrogens with two attached hydrogens (primary N) is 3. The molecule has 0 radical (unpaired) electrons. The van der Waals surface area contributed by atoms with Crippen LogP contribution in [0.3, 0.4) is 0 Å². The topological polar surface area (TPSA) is 140 Å². The predicted molar refractivity (Wildman–Crippen MR) is 87.0 cm³/mol. The Morgan fingerprint density at radius 2 is 2.14 bits per heavy atom. The first-order valence-electron chi connectivity index (χ1n) is 7.53. The molecule has 0 saturated carbocycles. The summed E-state index contributed by atoms with van der Waals surface area (Å²) in [7, 11) is 0. The second-order valence-electron chi connectivity index (χ2n) is 5.54. The van der Waals surface area contributed by atoms with Crippen LogP contribution in [0.5, 0.6) is 0 Å². The van der Waals surface area contributed by atoms with Crippen molar-refractivity contribution in [3.63, 3.8) is 0 Å². The molecule has 0 aromatic rings. The lowest BCUT2D eigenvalue weighted by molar-refractivity contribution is -0.142. The zero-order valence-electron chi connectivity index (χ0n) is 12.5. The van der Waals surface area contributed by atoms with Crippen molar-refractivity contribution in [3.8, 4) is 0 Å². The molecule has 2 saturated heterocycles. The number of rotatable bonds is 6. The normalized spacial score (nSPS) is 27.4. The van der Waals surface area contributed by atoms with Crippen molar-refractivity contribution in [2.24, 2.45) is 22.2 Å². The average molecular weight is 328 g/mol. The van der Waals surface area contributed by atoms with Crippen LogP contribution in [0.1, 0.15) is 25.7 Å². The van der Waals surface area contributed by atoms with Gasteiger partial charge in [0.2, 0.25) is 11.8 Å². The van der Waals surface area contributed by atoms with Crippen molar-refractivity contribution in [1.29, 1.82) is 0 Å². The van der Waals surface area contributed by atoms with E-state index >= 15 is 0 Å². The van der Waals surface area contributed by atoms with Gasteiger partial charge >= 0.3 is 0 Å². The fraction of sp³-hybridized carbons (Fsp3) is 0.769. The number of piperidine rings is 1. The van der Waals surface area contributed by atoms with Gasteiger partial charge in [0, 0.05) is 18.8 Å². The number of carbonyl (C=O) groups excluding carboxylic acids is 2. The number of hydrogen-bond donors (Lipinski definition) is 4. The van der Waals surface area contributed by atoms with E-state index in [1.165, 1.54) is 0 Å². The number of nitrogens with zero attached hydrogens (tertiary/aromatic N) is 2. The summed E-state index contributed by atoms with van der Waals surface area (Å²) in [6.45, 7) is 1.11. The van der Waals surface area contributed by atoms with Gasteiger partial charge in [-0.2, -0.15) is 0 Å². The van der Waals surface area contributed by atoms with Crippen LogP contribution in [-0.4, -0.2) is 59.0 Å². The first-order chi connectivity index (χ1) is 10.5. The predicted octanol–water partition coefficient (Wildman–Crippen LogP) is -1.45. The van der Waals surface area contributed by atoms with E-state index in [1.54, 1.807) is 16.7 Å². The van der Waals surface area contributed by atoms with E-state index in [0.29, 0.717) is 25.3 Å². The van der Waals surface area contributed by atoms with E-state index in [-0.39, 0.29) is 23.1 Å². The molecule has 0 spiro atoms. The molecule has 2 fully saturated rings. The summed E-state index contributed by atoms with van der Waals surface area (Å²) in [5.74, 6) is 0.523. The van der Waals surface area contributed by atoms with Crippen molar-refractivity contribution in [2.45, 2.75) is 43.1 Å². The second kappa shape index (κ2) is 7.68. The lowest BCUT2D eigenvalue weighted by Gasteiger charge is -2.35. The Morgan fingerprint density at radius 1 is 1.36 bits per heavy atom. The monoisotopic (exact) mass is 328 g/mol. The van der Waals surface area contributed by atoms with E-state index < -0.39 is 12.1 Å². The van der Waals surface area contributed by atoms with Crippen LogP contribution in [-0.2, 0) is 9.59 Å². The molecule has 2 aliphatic rings. The van der Waals surface area contributed by atoms with Crippen LogP contribution >= 0.6 is 11.8 Å². The van der Waals surface area contributed by atoms with E-state index in [9.17, 15) is 9.59 Å². The number of nitrogens with one attached hydrogen (secondary N) is 1. The number of carbonyl (C=O) groups is 2. The van der Waals surface area contributed by atoms with Crippen LogP contribution in [0.25, 0.3) is 0 Å². The molecule has 0 aliphatic carbocycles. The number of fused-ring (bicyclic) bond motifs is 1. The molecule has 0 aromatic carbocycles. The fourth-order valence-corrected chi connectivity index (χ4v) is 4.13. The van der Waals surface area contributed by atoms with Gasteiger partial charge in [-0.05, 0) is 25.7 Å². The highest BCUT2D eigenvalue weighted by molar-refractivity contribution is 8.00. The molecule has 0 bridgehead atoms. The molecule has 2 amide bonds. The van der Waals surface area contributed by atoms with Gasteiger partial charge < -0.3 is 27.4 Å². The highest BCUT2D eigenvalue weighted by Crippen LogP contribution is 2.36. The standard InChI is InChI=1S/C13H24N6O2S/c14-8-3-4-10-19(12(8)21)9(7-22-10)11(20)17-5-1-2-6-18-13(15)16/h8-10H,1-7,14H2,(H,17,20)(H4,15,16,18)/t8-,9+,10+/m1/s1. The number of amides is 2. The molecule has 9 heteroatoms. The Labute approximate surface area is 134 Å². The highest BCUT2D eigenvalue weighted by atomic mass is 32.2. The first-order valence-corrected chi connectivity index (χ1v) is 8.58. The molecular weight excluding hydrogens is 304 g/mol. The smallest absolute Gasteiger partial charge is 0.243 e. The zero-order chi connectivity index (χ0) is 16.1. The largest absolute Gasteiger partial charge is 0.370 e. The summed E-state index contributed by atoms with van der Waals surface area (Å²) < 4.78 is 0. The summed E-state index contributed by atoms with van der Waals surface area (Å²) in [5, 5.41) is 2.98. The molecule has 0 unspecified atom stereocenters. The second-order valence-corrected chi connectivity index (χ2v) is 6.75. The Hall–Kier alpha value is -1.48. The molecule has 8 nitrogen and oxygen atoms in total. The van der Waals surface area contributed by atoms with E-state index in [2.05, 4.69) is 10.3 Å². The number of hydrogen-bond acceptors (Lipinski definition) is 5. The number of aliphatic imine (C=N–C) groups is 1. The van der Waals surface area contributed by atoms with Crippen molar-refractivity contribution < 1.29 is 9.59 Å². The Kier molecular flexibility index (Phi) is 5.90. The molecule has 3 atom stereocenters.